The molecule has 0 aromatic carbocycles. The molecule has 5 heterocycles. The van der Waals surface area contributed by atoms with E-state index in [1.807, 2.05) is 23.1 Å². The standard InChI is InChI=1S/C20H26N6O3/c1-24-12-20(13-26(14-20)17(27)11-25-6-8-28-9-7-25)10-16(24)18-22-19(29-23-18)15-4-2-3-5-21-15/h2-5,16H,6-14H2,1H3. The predicted octanol–water partition coefficient (Wildman–Crippen LogP) is 0.669. The van der Waals surface area contributed by atoms with Crippen LogP contribution < -0.4 is 0 Å². The van der Waals surface area contributed by atoms with Crippen molar-refractivity contribution in [1.82, 2.24) is 29.8 Å². The van der Waals surface area contributed by atoms with Gasteiger partial charge < -0.3 is 14.2 Å². The van der Waals surface area contributed by atoms with Crippen LogP contribution in [0.1, 0.15) is 18.3 Å². The third-order valence-electron chi connectivity index (χ3n) is 6.23. The molecule has 1 unspecified atom stereocenters. The summed E-state index contributed by atoms with van der Waals surface area (Å²) in [6.45, 7) is 6.16. The Bertz CT molecular complexity index is 860. The fourth-order valence-electron chi connectivity index (χ4n) is 4.74. The molecule has 0 aliphatic carbocycles. The van der Waals surface area contributed by atoms with Crippen LogP contribution in [-0.4, -0.2) is 95.3 Å². The van der Waals surface area contributed by atoms with E-state index in [0.29, 0.717) is 24.0 Å². The summed E-state index contributed by atoms with van der Waals surface area (Å²) in [5.41, 5.74) is 0.816. The minimum absolute atomic E-state index is 0.104. The first-order valence-corrected chi connectivity index (χ1v) is 10.2. The highest BCUT2D eigenvalue weighted by molar-refractivity contribution is 5.79. The van der Waals surface area contributed by atoms with Gasteiger partial charge in [-0.15, -0.1) is 0 Å². The number of rotatable bonds is 4. The summed E-state index contributed by atoms with van der Waals surface area (Å²) in [5, 5.41) is 4.21. The number of hydrogen-bond donors (Lipinski definition) is 0. The number of aromatic nitrogens is 3. The quantitative estimate of drug-likeness (QED) is 0.743. The topological polar surface area (TPSA) is 87.8 Å². The third-order valence-corrected chi connectivity index (χ3v) is 6.23. The van der Waals surface area contributed by atoms with Crippen molar-refractivity contribution >= 4 is 5.91 Å². The van der Waals surface area contributed by atoms with E-state index >= 15 is 0 Å². The van der Waals surface area contributed by atoms with Gasteiger partial charge in [0.1, 0.15) is 5.69 Å². The lowest BCUT2D eigenvalue weighted by Gasteiger charge is -2.48. The van der Waals surface area contributed by atoms with E-state index in [0.717, 1.165) is 52.4 Å². The summed E-state index contributed by atoms with van der Waals surface area (Å²) in [7, 11) is 2.09. The lowest BCUT2D eigenvalue weighted by atomic mass is 9.77. The molecule has 0 N–H and O–H groups in total. The molecule has 1 atom stereocenters. The van der Waals surface area contributed by atoms with Gasteiger partial charge in [0.25, 0.3) is 5.89 Å². The first kappa shape index (κ1) is 18.7. The molecule has 0 radical (unpaired) electrons. The Balaban J connectivity index is 1.20. The zero-order chi connectivity index (χ0) is 19.8. The zero-order valence-electron chi connectivity index (χ0n) is 16.7. The number of carbonyl (C=O) groups excluding carboxylic acids is 1. The second kappa shape index (κ2) is 7.47. The van der Waals surface area contributed by atoms with Crippen molar-refractivity contribution in [3.63, 3.8) is 0 Å². The number of ether oxygens (including phenoxy) is 1. The van der Waals surface area contributed by atoms with E-state index in [1.54, 1.807) is 6.20 Å². The van der Waals surface area contributed by atoms with Crippen LogP contribution in [0.15, 0.2) is 28.9 Å². The van der Waals surface area contributed by atoms with Gasteiger partial charge in [0.15, 0.2) is 5.82 Å². The molecule has 3 fully saturated rings. The van der Waals surface area contributed by atoms with Crippen molar-refractivity contribution in [2.75, 3.05) is 59.5 Å². The molecule has 0 bridgehead atoms. The molecule has 3 aliphatic heterocycles. The fourth-order valence-corrected chi connectivity index (χ4v) is 4.74. The van der Waals surface area contributed by atoms with E-state index in [4.69, 9.17) is 9.26 Å². The van der Waals surface area contributed by atoms with Gasteiger partial charge >= 0.3 is 0 Å². The van der Waals surface area contributed by atoms with Gasteiger partial charge in [-0.05, 0) is 25.6 Å². The molecule has 154 valence electrons. The van der Waals surface area contributed by atoms with E-state index in [-0.39, 0.29) is 17.4 Å². The van der Waals surface area contributed by atoms with E-state index in [2.05, 4.69) is 32.0 Å². The second-order valence-electron chi connectivity index (χ2n) is 8.45. The smallest absolute Gasteiger partial charge is 0.276 e. The number of hydrogen-bond acceptors (Lipinski definition) is 8. The van der Waals surface area contributed by atoms with Crippen molar-refractivity contribution in [3.8, 4) is 11.6 Å². The number of nitrogens with zero attached hydrogens (tertiary/aromatic N) is 6. The number of pyridine rings is 1. The average Bonchev–Trinajstić information content (AvgIpc) is 3.33. The molecule has 3 aliphatic rings. The number of morpholine rings is 1. The summed E-state index contributed by atoms with van der Waals surface area (Å²) in [6.07, 6.45) is 2.65. The Morgan fingerprint density at radius 3 is 2.83 bits per heavy atom. The minimum atomic E-state index is 0.104. The average molecular weight is 398 g/mol. The van der Waals surface area contributed by atoms with Gasteiger partial charge in [-0.1, -0.05) is 11.2 Å². The van der Waals surface area contributed by atoms with Gasteiger partial charge in [0.05, 0.1) is 25.8 Å². The Morgan fingerprint density at radius 2 is 2.07 bits per heavy atom. The van der Waals surface area contributed by atoms with Crippen LogP contribution in [0.2, 0.25) is 0 Å². The van der Waals surface area contributed by atoms with Gasteiger partial charge in [0, 0.05) is 44.3 Å². The second-order valence-corrected chi connectivity index (χ2v) is 8.45. The molecular weight excluding hydrogens is 372 g/mol. The minimum Gasteiger partial charge on any atom is -0.379 e. The largest absolute Gasteiger partial charge is 0.379 e. The lowest BCUT2D eigenvalue weighted by molar-refractivity contribution is -0.144. The number of likely N-dealkylation sites (tertiary alicyclic amines) is 2. The van der Waals surface area contributed by atoms with Crippen molar-refractivity contribution < 1.29 is 14.1 Å². The lowest BCUT2D eigenvalue weighted by Crippen LogP contribution is -2.61. The molecule has 9 heteroatoms. The summed E-state index contributed by atoms with van der Waals surface area (Å²) in [4.78, 5) is 27.9. The zero-order valence-corrected chi connectivity index (χ0v) is 16.7. The summed E-state index contributed by atoms with van der Waals surface area (Å²) in [5.74, 6) is 1.37. The molecule has 9 nitrogen and oxygen atoms in total. The van der Waals surface area contributed by atoms with E-state index in [9.17, 15) is 4.79 Å². The van der Waals surface area contributed by atoms with E-state index < -0.39 is 0 Å². The van der Waals surface area contributed by atoms with Crippen LogP contribution in [0.5, 0.6) is 0 Å². The molecule has 0 saturated carbocycles. The highest BCUT2D eigenvalue weighted by Gasteiger charge is 2.53. The normalized spacial score (nSPS) is 24.7. The monoisotopic (exact) mass is 398 g/mol. The van der Waals surface area contributed by atoms with Crippen LogP contribution >= 0.6 is 0 Å². The van der Waals surface area contributed by atoms with Crippen molar-refractivity contribution in [1.29, 1.82) is 0 Å². The highest BCUT2D eigenvalue weighted by Crippen LogP contribution is 2.47. The van der Waals surface area contributed by atoms with Crippen molar-refractivity contribution in [3.05, 3.63) is 30.2 Å². The molecule has 2 aromatic rings. The number of amides is 1. The van der Waals surface area contributed by atoms with E-state index in [1.165, 1.54) is 0 Å². The molecule has 5 rings (SSSR count). The summed E-state index contributed by atoms with van der Waals surface area (Å²) >= 11 is 0. The summed E-state index contributed by atoms with van der Waals surface area (Å²) < 4.78 is 10.8. The first-order valence-electron chi connectivity index (χ1n) is 10.2. The molecule has 1 spiro atoms. The Morgan fingerprint density at radius 1 is 1.24 bits per heavy atom. The third kappa shape index (κ3) is 3.65. The number of carbonyl (C=O) groups is 1. The maximum Gasteiger partial charge on any atom is 0.276 e. The van der Waals surface area contributed by atoms with Crippen LogP contribution in [0.25, 0.3) is 11.6 Å². The van der Waals surface area contributed by atoms with Gasteiger partial charge in [0.2, 0.25) is 5.91 Å². The summed E-state index contributed by atoms with van der Waals surface area (Å²) in [6, 6.07) is 5.73. The highest BCUT2D eigenvalue weighted by atomic mass is 16.5. The van der Waals surface area contributed by atoms with Crippen LogP contribution in [0.3, 0.4) is 0 Å². The molecule has 29 heavy (non-hydrogen) atoms. The van der Waals surface area contributed by atoms with Gasteiger partial charge in [-0.3, -0.25) is 19.6 Å². The van der Waals surface area contributed by atoms with Crippen molar-refractivity contribution in [2.24, 2.45) is 5.41 Å². The molecule has 2 aromatic heterocycles. The SMILES string of the molecule is CN1CC2(CC1c1noc(-c3ccccn3)n1)CN(C(=O)CN1CCOCC1)C2. The Labute approximate surface area is 169 Å². The van der Waals surface area contributed by atoms with Gasteiger partial charge in [-0.2, -0.15) is 4.98 Å². The molecule has 3 saturated heterocycles. The maximum atomic E-state index is 12.6. The van der Waals surface area contributed by atoms with Crippen LogP contribution in [-0.2, 0) is 9.53 Å². The first-order chi connectivity index (χ1) is 14.1. The van der Waals surface area contributed by atoms with Crippen LogP contribution in [0, 0.1) is 5.41 Å². The molecule has 1 amide bonds. The Hall–Kier alpha value is -2.36. The molecular formula is C20H26N6O3. The van der Waals surface area contributed by atoms with Crippen LogP contribution in [0.4, 0.5) is 0 Å². The fraction of sp³-hybridized carbons (Fsp3) is 0.600. The Kier molecular flexibility index (Phi) is 4.81. The maximum absolute atomic E-state index is 12.6. The van der Waals surface area contributed by atoms with Gasteiger partial charge in [-0.25, -0.2) is 0 Å². The van der Waals surface area contributed by atoms with Crippen molar-refractivity contribution in [2.45, 2.75) is 12.5 Å². The predicted molar refractivity (Wildman–Crippen MR) is 104 cm³/mol.